The standard InChI is InChI=1S/C20H23N3O4S/c1-13-12-28-20-16(21-15(24)11-27-14-7-3-2-4-8-14)18(25)23(20)17(13)19(26)22-9-5-6-10-22/h2-4,7-8,16-17,20H,1,5-6,9-12H2,(H,21,24)/t16?,17?,20-/m1/s1. The molecular formula is C20H23N3O4S. The molecule has 0 radical (unpaired) electrons. The molecule has 0 bridgehead atoms. The maximum absolute atomic E-state index is 12.9. The van der Waals surface area contributed by atoms with Crippen LogP contribution in [0, 0.1) is 0 Å². The van der Waals surface area contributed by atoms with Gasteiger partial charge in [0.2, 0.25) is 11.8 Å². The van der Waals surface area contributed by atoms with Crippen LogP contribution in [0.25, 0.3) is 0 Å². The summed E-state index contributed by atoms with van der Waals surface area (Å²) in [4.78, 5) is 41.2. The second kappa shape index (κ2) is 7.87. The van der Waals surface area contributed by atoms with Gasteiger partial charge in [-0.25, -0.2) is 0 Å². The normalized spacial score (nSPS) is 26.5. The maximum Gasteiger partial charge on any atom is 0.258 e. The van der Waals surface area contributed by atoms with Crippen LogP contribution in [0.1, 0.15) is 12.8 Å². The molecule has 3 heterocycles. The van der Waals surface area contributed by atoms with E-state index in [9.17, 15) is 14.4 Å². The van der Waals surface area contributed by atoms with E-state index in [4.69, 9.17) is 4.74 Å². The highest BCUT2D eigenvalue weighted by Gasteiger charge is 2.56. The fraction of sp³-hybridized carbons (Fsp3) is 0.450. The van der Waals surface area contributed by atoms with Gasteiger partial charge in [0, 0.05) is 18.8 Å². The van der Waals surface area contributed by atoms with Gasteiger partial charge in [-0.3, -0.25) is 14.4 Å². The minimum Gasteiger partial charge on any atom is -0.484 e. The minimum atomic E-state index is -0.626. The van der Waals surface area contributed by atoms with E-state index in [1.165, 1.54) is 11.8 Å². The van der Waals surface area contributed by atoms with Gasteiger partial charge in [-0.05, 0) is 30.5 Å². The lowest BCUT2D eigenvalue weighted by molar-refractivity contribution is -0.157. The van der Waals surface area contributed by atoms with Gasteiger partial charge in [0.1, 0.15) is 23.2 Å². The molecule has 8 heteroatoms. The summed E-state index contributed by atoms with van der Waals surface area (Å²) in [5.41, 5.74) is 0.753. The lowest BCUT2D eigenvalue weighted by Crippen LogP contribution is -2.75. The molecule has 2 unspecified atom stereocenters. The summed E-state index contributed by atoms with van der Waals surface area (Å²) >= 11 is 1.53. The van der Waals surface area contributed by atoms with E-state index in [-0.39, 0.29) is 29.7 Å². The number of β-lactam (4-membered cyclic amide) rings is 1. The van der Waals surface area contributed by atoms with Crippen LogP contribution in [0.15, 0.2) is 42.5 Å². The number of hydrogen-bond acceptors (Lipinski definition) is 5. The fourth-order valence-electron chi connectivity index (χ4n) is 3.82. The SMILES string of the molecule is C=C1CS[C@@H]2C(NC(=O)COc3ccccc3)C(=O)N2C1C(=O)N1CCCC1. The summed E-state index contributed by atoms with van der Waals surface area (Å²) in [7, 11) is 0. The Bertz CT molecular complexity index is 794. The number of likely N-dealkylation sites (tertiary alicyclic amines) is 1. The van der Waals surface area contributed by atoms with Gasteiger partial charge in [-0.1, -0.05) is 24.8 Å². The van der Waals surface area contributed by atoms with E-state index >= 15 is 0 Å². The Morgan fingerprint density at radius 3 is 2.64 bits per heavy atom. The molecule has 3 saturated heterocycles. The van der Waals surface area contributed by atoms with Crippen LogP contribution in [-0.4, -0.2) is 70.4 Å². The predicted molar refractivity (Wildman–Crippen MR) is 106 cm³/mol. The number of carbonyl (C=O) groups is 3. The maximum atomic E-state index is 12.9. The second-order valence-corrected chi connectivity index (χ2v) is 8.29. The second-order valence-electron chi connectivity index (χ2n) is 7.19. The molecule has 3 aliphatic rings. The zero-order valence-electron chi connectivity index (χ0n) is 15.5. The number of amides is 3. The molecule has 7 nitrogen and oxygen atoms in total. The lowest BCUT2D eigenvalue weighted by atomic mass is 9.97. The molecule has 0 aromatic heterocycles. The Balaban J connectivity index is 1.36. The number of ether oxygens (including phenoxy) is 1. The van der Waals surface area contributed by atoms with Gasteiger partial charge in [-0.15, -0.1) is 11.8 Å². The molecule has 1 aromatic rings. The molecule has 1 aromatic carbocycles. The molecule has 3 atom stereocenters. The molecule has 4 rings (SSSR count). The van der Waals surface area contributed by atoms with Gasteiger partial charge in [0.15, 0.2) is 6.61 Å². The average molecular weight is 401 g/mol. The molecular weight excluding hydrogens is 378 g/mol. The molecule has 148 valence electrons. The Labute approximate surface area is 168 Å². The molecule has 3 fully saturated rings. The van der Waals surface area contributed by atoms with Crippen molar-refractivity contribution in [1.29, 1.82) is 0 Å². The minimum absolute atomic E-state index is 0.0432. The van der Waals surface area contributed by atoms with Crippen LogP contribution in [0.5, 0.6) is 5.75 Å². The smallest absolute Gasteiger partial charge is 0.258 e. The quantitative estimate of drug-likeness (QED) is 0.589. The summed E-state index contributed by atoms with van der Waals surface area (Å²) in [6.07, 6.45) is 1.99. The molecule has 3 amide bonds. The van der Waals surface area contributed by atoms with Gasteiger partial charge in [0.05, 0.1) is 0 Å². The van der Waals surface area contributed by atoms with Crippen LogP contribution >= 0.6 is 11.8 Å². The third-order valence-electron chi connectivity index (χ3n) is 5.27. The molecule has 1 N–H and O–H groups in total. The zero-order chi connectivity index (χ0) is 19.7. The number of nitrogens with zero attached hydrogens (tertiary/aromatic N) is 2. The first-order valence-corrected chi connectivity index (χ1v) is 10.5. The summed E-state index contributed by atoms with van der Waals surface area (Å²) in [5, 5.41) is 2.51. The fourth-order valence-corrected chi connectivity index (χ4v) is 5.13. The van der Waals surface area contributed by atoms with E-state index in [0.717, 1.165) is 31.5 Å². The van der Waals surface area contributed by atoms with E-state index in [1.807, 2.05) is 23.1 Å². The lowest BCUT2D eigenvalue weighted by Gasteiger charge is -2.53. The molecule has 0 spiro atoms. The van der Waals surface area contributed by atoms with Gasteiger partial charge in [0.25, 0.3) is 5.91 Å². The molecule has 28 heavy (non-hydrogen) atoms. The van der Waals surface area contributed by atoms with E-state index < -0.39 is 12.1 Å². The first-order chi connectivity index (χ1) is 13.6. The molecule has 0 aliphatic carbocycles. The van der Waals surface area contributed by atoms with Gasteiger partial charge in [-0.2, -0.15) is 0 Å². The number of carbonyl (C=O) groups excluding carboxylic acids is 3. The first-order valence-electron chi connectivity index (χ1n) is 9.43. The number of hydrogen-bond donors (Lipinski definition) is 1. The van der Waals surface area contributed by atoms with Crippen molar-refractivity contribution in [2.45, 2.75) is 30.3 Å². The van der Waals surface area contributed by atoms with Crippen LogP contribution in [0.2, 0.25) is 0 Å². The largest absolute Gasteiger partial charge is 0.484 e. The highest BCUT2D eigenvalue weighted by atomic mass is 32.2. The van der Waals surface area contributed by atoms with Crippen LogP contribution in [-0.2, 0) is 14.4 Å². The van der Waals surface area contributed by atoms with Crippen molar-refractivity contribution >= 4 is 29.5 Å². The first kappa shape index (κ1) is 18.9. The van der Waals surface area contributed by atoms with Crippen molar-refractivity contribution < 1.29 is 19.1 Å². The van der Waals surface area contributed by atoms with Crippen LogP contribution < -0.4 is 10.1 Å². The number of fused-ring (bicyclic) bond motifs is 1. The Morgan fingerprint density at radius 2 is 1.93 bits per heavy atom. The highest BCUT2D eigenvalue weighted by molar-refractivity contribution is 8.00. The summed E-state index contributed by atoms with van der Waals surface area (Å²) in [6.45, 7) is 5.33. The Hall–Kier alpha value is -2.48. The van der Waals surface area contributed by atoms with Crippen LogP contribution in [0.4, 0.5) is 0 Å². The topological polar surface area (TPSA) is 79.0 Å². The Morgan fingerprint density at radius 1 is 1.21 bits per heavy atom. The van der Waals surface area contributed by atoms with E-state index in [2.05, 4.69) is 11.9 Å². The number of thioether (sulfide) groups is 1. The van der Waals surface area contributed by atoms with E-state index in [0.29, 0.717) is 11.5 Å². The average Bonchev–Trinajstić information content (AvgIpc) is 3.25. The van der Waals surface area contributed by atoms with Crippen molar-refractivity contribution in [3.63, 3.8) is 0 Å². The third-order valence-corrected chi connectivity index (χ3v) is 6.64. The third kappa shape index (κ3) is 3.48. The van der Waals surface area contributed by atoms with Gasteiger partial charge >= 0.3 is 0 Å². The number of para-hydroxylation sites is 1. The number of rotatable bonds is 5. The van der Waals surface area contributed by atoms with Crippen molar-refractivity contribution in [3.05, 3.63) is 42.5 Å². The summed E-state index contributed by atoms with van der Waals surface area (Å²) < 4.78 is 5.43. The number of nitrogens with one attached hydrogen (secondary N) is 1. The van der Waals surface area contributed by atoms with E-state index in [1.54, 1.807) is 17.0 Å². The van der Waals surface area contributed by atoms with Crippen molar-refractivity contribution in [2.75, 3.05) is 25.4 Å². The van der Waals surface area contributed by atoms with Crippen LogP contribution in [0.3, 0.4) is 0 Å². The summed E-state index contributed by atoms with van der Waals surface area (Å²) in [5.74, 6) is 0.571. The highest BCUT2D eigenvalue weighted by Crippen LogP contribution is 2.40. The monoisotopic (exact) mass is 401 g/mol. The molecule has 3 aliphatic heterocycles. The van der Waals surface area contributed by atoms with Crippen molar-refractivity contribution in [3.8, 4) is 5.75 Å². The predicted octanol–water partition coefficient (Wildman–Crippen LogP) is 1.01. The number of benzene rings is 1. The van der Waals surface area contributed by atoms with Gasteiger partial charge < -0.3 is 19.9 Å². The van der Waals surface area contributed by atoms with Crippen molar-refractivity contribution in [2.24, 2.45) is 0 Å². The zero-order valence-corrected chi connectivity index (χ0v) is 16.3. The Kier molecular flexibility index (Phi) is 5.30. The van der Waals surface area contributed by atoms with Crippen molar-refractivity contribution in [1.82, 2.24) is 15.1 Å². The molecule has 0 saturated carbocycles. The summed E-state index contributed by atoms with van der Waals surface area (Å²) in [6, 6.07) is 7.81.